The number of aromatic nitrogens is 2. The van der Waals surface area contributed by atoms with Gasteiger partial charge < -0.3 is 19.9 Å². The minimum Gasteiger partial charge on any atom is -0.376 e. The fourth-order valence-corrected chi connectivity index (χ4v) is 4.28. The zero-order chi connectivity index (χ0) is 22.2. The summed E-state index contributed by atoms with van der Waals surface area (Å²) in [6.07, 6.45) is 3.91. The molecule has 1 N–H and O–H groups in total. The third kappa shape index (κ3) is 6.17. The second-order valence-corrected chi connectivity index (χ2v) is 8.43. The van der Waals surface area contributed by atoms with Crippen LogP contribution in [0, 0.1) is 0 Å². The van der Waals surface area contributed by atoms with Crippen LogP contribution in [0.5, 0.6) is 0 Å². The maximum Gasteiger partial charge on any atom is 0.225 e. The maximum atomic E-state index is 5.67. The van der Waals surface area contributed by atoms with E-state index in [1.807, 2.05) is 6.07 Å². The Balaban J connectivity index is 1.35. The zero-order valence-electron chi connectivity index (χ0n) is 19.3. The lowest BCUT2D eigenvalue weighted by Gasteiger charge is -2.36. The van der Waals surface area contributed by atoms with Crippen LogP contribution in [0.2, 0.25) is 0 Å². The predicted octanol–water partition coefficient (Wildman–Crippen LogP) is 1.98. The minimum atomic E-state index is 0.313. The first kappa shape index (κ1) is 22.5. The van der Waals surface area contributed by atoms with Crippen LogP contribution in [0.15, 0.2) is 47.7 Å². The van der Waals surface area contributed by atoms with Gasteiger partial charge in [0.15, 0.2) is 5.96 Å². The second kappa shape index (κ2) is 11.2. The van der Waals surface area contributed by atoms with E-state index in [4.69, 9.17) is 9.73 Å². The highest BCUT2D eigenvalue weighted by atomic mass is 16.5. The molecular formula is C24H35N7O. The number of aliphatic imine (C=N–C) groups is 1. The predicted molar refractivity (Wildman–Crippen MR) is 128 cm³/mol. The first-order chi connectivity index (χ1) is 15.7. The average molecular weight is 438 g/mol. The van der Waals surface area contributed by atoms with E-state index in [9.17, 15) is 0 Å². The van der Waals surface area contributed by atoms with Crippen molar-refractivity contribution >= 4 is 11.9 Å². The summed E-state index contributed by atoms with van der Waals surface area (Å²) in [6.45, 7) is 13.2. The first-order valence-corrected chi connectivity index (χ1v) is 11.7. The molecule has 0 saturated carbocycles. The number of piperazine rings is 1. The molecule has 2 fully saturated rings. The van der Waals surface area contributed by atoms with Gasteiger partial charge in [0.1, 0.15) is 0 Å². The van der Waals surface area contributed by atoms with Gasteiger partial charge in [-0.3, -0.25) is 4.90 Å². The number of hydrogen-bond donors (Lipinski definition) is 1. The van der Waals surface area contributed by atoms with Crippen molar-refractivity contribution in [3.05, 3.63) is 53.9 Å². The third-order valence-corrected chi connectivity index (χ3v) is 5.88. The summed E-state index contributed by atoms with van der Waals surface area (Å²) >= 11 is 0. The standard InChI is InChI=1S/C24H35N7O/c1-3-25-23(30-10-12-31(13-11-30)24-26-8-5-9-27-24)28-17-21-6-4-7-22(16-21)19-29-14-15-32-20(2)18-29/h4-9,16,20H,3,10-15,17-19H2,1-2H3,(H,25,28). The molecule has 1 unspecified atom stereocenters. The molecule has 0 amide bonds. The van der Waals surface area contributed by atoms with Gasteiger partial charge >= 0.3 is 0 Å². The zero-order valence-corrected chi connectivity index (χ0v) is 19.3. The van der Waals surface area contributed by atoms with Crippen LogP contribution in [0.3, 0.4) is 0 Å². The number of benzene rings is 1. The fourth-order valence-electron chi connectivity index (χ4n) is 4.28. The van der Waals surface area contributed by atoms with Gasteiger partial charge in [-0.1, -0.05) is 24.3 Å². The number of guanidine groups is 1. The van der Waals surface area contributed by atoms with E-state index in [0.29, 0.717) is 12.6 Å². The SMILES string of the molecule is CCNC(=NCc1cccc(CN2CCOC(C)C2)c1)N1CCN(c2ncccn2)CC1. The number of hydrogen-bond acceptors (Lipinski definition) is 6. The van der Waals surface area contributed by atoms with Crippen molar-refractivity contribution in [2.75, 3.05) is 57.3 Å². The molecule has 1 aromatic heterocycles. The smallest absolute Gasteiger partial charge is 0.225 e. The van der Waals surface area contributed by atoms with Gasteiger partial charge in [0.25, 0.3) is 0 Å². The summed E-state index contributed by atoms with van der Waals surface area (Å²) in [4.78, 5) is 20.7. The maximum absolute atomic E-state index is 5.67. The topological polar surface area (TPSA) is 69.1 Å². The summed E-state index contributed by atoms with van der Waals surface area (Å²) in [6, 6.07) is 10.7. The lowest BCUT2D eigenvalue weighted by atomic mass is 10.1. The van der Waals surface area contributed by atoms with Gasteiger partial charge in [-0.25, -0.2) is 15.0 Å². The van der Waals surface area contributed by atoms with E-state index >= 15 is 0 Å². The molecule has 8 heteroatoms. The summed E-state index contributed by atoms with van der Waals surface area (Å²) in [7, 11) is 0. The lowest BCUT2D eigenvalue weighted by Crippen LogP contribution is -2.52. The summed E-state index contributed by atoms with van der Waals surface area (Å²) in [5.41, 5.74) is 2.59. The van der Waals surface area contributed by atoms with E-state index in [1.165, 1.54) is 11.1 Å². The Labute approximate surface area is 191 Å². The highest BCUT2D eigenvalue weighted by Gasteiger charge is 2.21. The monoisotopic (exact) mass is 437 g/mol. The van der Waals surface area contributed by atoms with Gasteiger partial charge in [-0.05, 0) is 31.0 Å². The Morgan fingerprint density at radius 2 is 1.88 bits per heavy atom. The van der Waals surface area contributed by atoms with Crippen LogP contribution in [-0.4, -0.2) is 84.3 Å². The van der Waals surface area contributed by atoms with Crippen molar-refractivity contribution in [3.8, 4) is 0 Å². The molecule has 0 bridgehead atoms. The first-order valence-electron chi connectivity index (χ1n) is 11.7. The number of rotatable bonds is 6. The van der Waals surface area contributed by atoms with Crippen LogP contribution in [0.1, 0.15) is 25.0 Å². The molecule has 4 rings (SSSR count). The molecule has 1 atom stereocenters. The molecule has 0 aliphatic carbocycles. The quantitative estimate of drug-likeness (QED) is 0.547. The normalized spacial score (nSPS) is 20.4. The van der Waals surface area contributed by atoms with E-state index < -0.39 is 0 Å². The van der Waals surface area contributed by atoms with E-state index in [0.717, 1.165) is 70.9 Å². The molecule has 1 aromatic carbocycles. The van der Waals surface area contributed by atoms with Gasteiger partial charge in [0.05, 0.1) is 19.3 Å². The van der Waals surface area contributed by atoms with Crippen molar-refractivity contribution < 1.29 is 4.74 Å². The second-order valence-electron chi connectivity index (χ2n) is 8.43. The van der Waals surface area contributed by atoms with E-state index in [-0.39, 0.29) is 0 Å². The highest BCUT2D eigenvalue weighted by molar-refractivity contribution is 5.80. The number of nitrogens with zero attached hydrogens (tertiary/aromatic N) is 6. The lowest BCUT2D eigenvalue weighted by molar-refractivity contribution is -0.0212. The van der Waals surface area contributed by atoms with Crippen LogP contribution in [0.25, 0.3) is 0 Å². The fraction of sp³-hybridized carbons (Fsp3) is 0.542. The molecule has 3 heterocycles. The largest absolute Gasteiger partial charge is 0.376 e. The Bertz CT molecular complexity index is 868. The van der Waals surface area contributed by atoms with Gasteiger partial charge in [0.2, 0.25) is 5.95 Å². The Morgan fingerprint density at radius 3 is 2.62 bits per heavy atom. The van der Waals surface area contributed by atoms with E-state index in [2.05, 4.69) is 68.1 Å². The molecule has 2 aliphatic rings. The number of ether oxygens (including phenoxy) is 1. The molecule has 0 radical (unpaired) electrons. The molecule has 2 aliphatic heterocycles. The van der Waals surface area contributed by atoms with Crippen LogP contribution >= 0.6 is 0 Å². The van der Waals surface area contributed by atoms with Crippen LogP contribution in [0.4, 0.5) is 5.95 Å². The van der Waals surface area contributed by atoms with Gasteiger partial charge in [-0.2, -0.15) is 0 Å². The van der Waals surface area contributed by atoms with Crippen molar-refractivity contribution in [2.45, 2.75) is 33.0 Å². The molecule has 2 saturated heterocycles. The average Bonchev–Trinajstić information content (AvgIpc) is 2.83. The Morgan fingerprint density at radius 1 is 1.09 bits per heavy atom. The van der Waals surface area contributed by atoms with Gasteiger partial charge in [-0.15, -0.1) is 0 Å². The number of nitrogens with one attached hydrogen (secondary N) is 1. The van der Waals surface area contributed by atoms with Crippen LogP contribution in [-0.2, 0) is 17.8 Å². The Kier molecular flexibility index (Phi) is 7.90. The summed E-state index contributed by atoms with van der Waals surface area (Å²) in [5, 5.41) is 3.47. The molecule has 0 spiro atoms. The third-order valence-electron chi connectivity index (χ3n) is 5.88. The number of morpholine rings is 1. The molecule has 172 valence electrons. The summed E-state index contributed by atoms with van der Waals surface area (Å²) in [5.74, 6) is 1.79. The molecule has 2 aromatic rings. The van der Waals surface area contributed by atoms with Gasteiger partial charge in [0, 0.05) is 64.8 Å². The van der Waals surface area contributed by atoms with Crippen molar-refractivity contribution in [1.82, 2.24) is 25.1 Å². The minimum absolute atomic E-state index is 0.313. The van der Waals surface area contributed by atoms with Crippen molar-refractivity contribution in [2.24, 2.45) is 4.99 Å². The number of anilines is 1. The van der Waals surface area contributed by atoms with Crippen LogP contribution < -0.4 is 10.2 Å². The molecule has 8 nitrogen and oxygen atoms in total. The van der Waals surface area contributed by atoms with Crippen molar-refractivity contribution in [1.29, 1.82) is 0 Å². The molecule has 32 heavy (non-hydrogen) atoms. The molecular weight excluding hydrogens is 402 g/mol. The van der Waals surface area contributed by atoms with E-state index in [1.54, 1.807) is 12.4 Å². The Hall–Kier alpha value is -2.71. The van der Waals surface area contributed by atoms with Crippen molar-refractivity contribution in [3.63, 3.8) is 0 Å². The summed E-state index contributed by atoms with van der Waals surface area (Å²) < 4.78 is 5.67. The highest BCUT2D eigenvalue weighted by Crippen LogP contribution is 2.14.